The molecule has 2 N–H and O–H groups in total. The van der Waals surface area contributed by atoms with Crippen molar-refractivity contribution in [1.29, 1.82) is 0 Å². The summed E-state index contributed by atoms with van der Waals surface area (Å²) in [4.78, 5) is 11.6. The van der Waals surface area contributed by atoms with Gasteiger partial charge in [0.05, 0.1) is 6.54 Å². The monoisotopic (exact) mass is 326 g/mol. The van der Waals surface area contributed by atoms with Crippen LogP contribution in [-0.2, 0) is 4.79 Å². The number of hydrogen-bond donors (Lipinski definition) is 2. The zero-order chi connectivity index (χ0) is 14.3. The summed E-state index contributed by atoms with van der Waals surface area (Å²) in [5.41, 5.74) is 1.18. The van der Waals surface area contributed by atoms with E-state index < -0.39 is 0 Å². The second kappa shape index (κ2) is 8.33. The van der Waals surface area contributed by atoms with Crippen LogP contribution in [0.2, 0.25) is 0 Å². The fourth-order valence-corrected chi connectivity index (χ4v) is 1.94. The smallest absolute Gasteiger partial charge is 0.233 e. The zero-order valence-corrected chi connectivity index (χ0v) is 13.5. The molecule has 1 amide bonds. The summed E-state index contributed by atoms with van der Waals surface area (Å²) in [6, 6.07) is 8.30. The Morgan fingerprint density at radius 3 is 2.42 bits per heavy atom. The van der Waals surface area contributed by atoms with E-state index in [0.29, 0.717) is 12.5 Å². The third-order valence-corrected chi connectivity index (χ3v) is 3.51. The molecular weight excluding hydrogens is 304 g/mol. The summed E-state index contributed by atoms with van der Waals surface area (Å²) in [6.45, 7) is 7.48. The van der Waals surface area contributed by atoms with Gasteiger partial charge in [-0.05, 0) is 37.0 Å². The molecule has 0 bridgehead atoms. The van der Waals surface area contributed by atoms with Gasteiger partial charge in [0.25, 0.3) is 0 Å². The van der Waals surface area contributed by atoms with Crippen LogP contribution >= 0.6 is 15.9 Å². The molecule has 4 heteroatoms. The molecule has 0 spiro atoms. The first-order valence-corrected chi connectivity index (χ1v) is 7.54. The van der Waals surface area contributed by atoms with Crippen LogP contribution in [0.3, 0.4) is 0 Å². The van der Waals surface area contributed by atoms with Gasteiger partial charge in [-0.25, -0.2) is 0 Å². The van der Waals surface area contributed by atoms with Gasteiger partial charge < -0.3 is 10.6 Å². The maximum absolute atomic E-state index is 11.6. The Balaban J connectivity index is 2.27. The van der Waals surface area contributed by atoms with Crippen LogP contribution in [0.5, 0.6) is 0 Å². The summed E-state index contributed by atoms with van der Waals surface area (Å²) in [6.07, 6.45) is 1.02. The van der Waals surface area contributed by atoms with E-state index >= 15 is 0 Å². The Morgan fingerprint density at radius 1 is 1.21 bits per heavy atom. The Morgan fingerprint density at radius 2 is 1.84 bits per heavy atom. The van der Waals surface area contributed by atoms with E-state index in [1.807, 2.05) is 12.1 Å². The van der Waals surface area contributed by atoms with Crippen LogP contribution < -0.4 is 10.6 Å². The van der Waals surface area contributed by atoms with E-state index in [4.69, 9.17) is 0 Å². The molecule has 0 aliphatic carbocycles. The predicted molar refractivity (Wildman–Crippen MR) is 83.0 cm³/mol. The number of amides is 1. The molecule has 0 aliphatic rings. The predicted octanol–water partition coefficient (Wildman–Crippen LogP) is 3.26. The molecular formula is C15H23BrN2O. The molecule has 1 rings (SSSR count). The lowest BCUT2D eigenvalue weighted by Gasteiger charge is -2.14. The van der Waals surface area contributed by atoms with Crippen molar-refractivity contribution >= 4 is 21.8 Å². The number of hydrogen-bond acceptors (Lipinski definition) is 2. The zero-order valence-electron chi connectivity index (χ0n) is 11.9. The van der Waals surface area contributed by atoms with Crippen molar-refractivity contribution in [2.75, 3.05) is 13.1 Å². The van der Waals surface area contributed by atoms with Gasteiger partial charge in [0, 0.05) is 17.1 Å². The van der Waals surface area contributed by atoms with E-state index in [1.165, 1.54) is 5.56 Å². The molecule has 0 saturated heterocycles. The molecule has 1 atom stereocenters. The van der Waals surface area contributed by atoms with Crippen molar-refractivity contribution < 1.29 is 4.79 Å². The number of halogens is 1. The van der Waals surface area contributed by atoms with Crippen molar-refractivity contribution in [2.24, 2.45) is 5.92 Å². The molecule has 0 unspecified atom stereocenters. The number of carbonyl (C=O) groups excluding carboxylic acids is 1. The van der Waals surface area contributed by atoms with Crippen molar-refractivity contribution in [2.45, 2.75) is 33.2 Å². The number of nitrogens with one attached hydrogen (secondary N) is 2. The van der Waals surface area contributed by atoms with Gasteiger partial charge >= 0.3 is 0 Å². The standard InChI is InChI=1S/C15H23BrN2O/c1-11(2)8-9-17-15(19)10-18-12(3)13-4-6-14(16)7-5-13/h4-7,11-12,18H,8-10H2,1-3H3,(H,17,19)/t12-/m0/s1. The van der Waals surface area contributed by atoms with E-state index in [9.17, 15) is 4.79 Å². The van der Waals surface area contributed by atoms with Gasteiger partial charge in [0.1, 0.15) is 0 Å². The summed E-state index contributed by atoms with van der Waals surface area (Å²) in [5, 5.41) is 6.15. The highest BCUT2D eigenvalue weighted by Crippen LogP contribution is 2.16. The lowest BCUT2D eigenvalue weighted by Crippen LogP contribution is -2.35. The minimum atomic E-state index is 0.0598. The number of rotatable bonds is 7. The second-order valence-electron chi connectivity index (χ2n) is 5.19. The molecule has 0 aromatic heterocycles. The lowest BCUT2D eigenvalue weighted by molar-refractivity contribution is -0.120. The van der Waals surface area contributed by atoms with Gasteiger partial charge in [-0.3, -0.25) is 4.79 Å². The fraction of sp³-hybridized carbons (Fsp3) is 0.533. The molecule has 19 heavy (non-hydrogen) atoms. The van der Waals surface area contributed by atoms with Crippen LogP contribution in [0.4, 0.5) is 0 Å². The van der Waals surface area contributed by atoms with Crippen LogP contribution in [-0.4, -0.2) is 19.0 Å². The second-order valence-corrected chi connectivity index (χ2v) is 6.10. The average Bonchev–Trinajstić information content (AvgIpc) is 2.36. The van der Waals surface area contributed by atoms with E-state index in [2.05, 4.69) is 59.5 Å². The summed E-state index contributed by atoms with van der Waals surface area (Å²) < 4.78 is 1.06. The van der Waals surface area contributed by atoms with Gasteiger partial charge in [0.2, 0.25) is 5.91 Å². The first-order chi connectivity index (χ1) is 8.99. The summed E-state index contributed by atoms with van der Waals surface area (Å²) >= 11 is 3.41. The molecule has 0 fully saturated rings. The third-order valence-electron chi connectivity index (χ3n) is 2.98. The van der Waals surface area contributed by atoms with Crippen molar-refractivity contribution in [3.63, 3.8) is 0 Å². The molecule has 0 saturated carbocycles. The Labute approximate surface area is 124 Å². The number of benzene rings is 1. The number of carbonyl (C=O) groups is 1. The maximum Gasteiger partial charge on any atom is 0.233 e. The van der Waals surface area contributed by atoms with Gasteiger partial charge in [-0.2, -0.15) is 0 Å². The quantitative estimate of drug-likeness (QED) is 0.807. The SMILES string of the molecule is CC(C)CCNC(=O)CN[C@@H](C)c1ccc(Br)cc1. The summed E-state index contributed by atoms with van der Waals surface area (Å²) in [5.74, 6) is 0.680. The molecule has 1 aromatic rings. The first-order valence-electron chi connectivity index (χ1n) is 6.74. The van der Waals surface area contributed by atoms with Gasteiger partial charge in [-0.1, -0.05) is 41.9 Å². The minimum Gasteiger partial charge on any atom is -0.355 e. The van der Waals surface area contributed by atoms with Gasteiger partial charge in [-0.15, -0.1) is 0 Å². The maximum atomic E-state index is 11.6. The third kappa shape index (κ3) is 6.73. The van der Waals surface area contributed by atoms with Crippen LogP contribution in [0, 0.1) is 5.92 Å². The van der Waals surface area contributed by atoms with Gasteiger partial charge in [0.15, 0.2) is 0 Å². The van der Waals surface area contributed by atoms with E-state index in [1.54, 1.807) is 0 Å². The molecule has 106 valence electrons. The molecule has 0 heterocycles. The van der Waals surface area contributed by atoms with E-state index in [-0.39, 0.29) is 11.9 Å². The Hall–Kier alpha value is -0.870. The highest BCUT2D eigenvalue weighted by atomic mass is 79.9. The molecule has 0 radical (unpaired) electrons. The van der Waals surface area contributed by atoms with Crippen LogP contribution in [0.25, 0.3) is 0 Å². The van der Waals surface area contributed by atoms with Crippen molar-refractivity contribution in [3.8, 4) is 0 Å². The Bertz CT molecular complexity index is 390. The first kappa shape index (κ1) is 16.2. The average molecular weight is 327 g/mol. The van der Waals surface area contributed by atoms with Crippen molar-refractivity contribution in [1.82, 2.24) is 10.6 Å². The molecule has 3 nitrogen and oxygen atoms in total. The van der Waals surface area contributed by atoms with Crippen LogP contribution in [0.15, 0.2) is 28.7 Å². The largest absolute Gasteiger partial charge is 0.355 e. The Kier molecular flexibility index (Phi) is 7.10. The fourth-order valence-electron chi connectivity index (χ4n) is 1.68. The topological polar surface area (TPSA) is 41.1 Å². The lowest BCUT2D eigenvalue weighted by atomic mass is 10.1. The normalized spacial score (nSPS) is 12.5. The summed E-state index contributed by atoms with van der Waals surface area (Å²) in [7, 11) is 0. The van der Waals surface area contributed by atoms with E-state index in [0.717, 1.165) is 17.4 Å². The highest BCUT2D eigenvalue weighted by Gasteiger charge is 2.07. The highest BCUT2D eigenvalue weighted by molar-refractivity contribution is 9.10. The van der Waals surface area contributed by atoms with Crippen LogP contribution in [0.1, 0.15) is 38.8 Å². The minimum absolute atomic E-state index is 0.0598. The molecule has 0 aliphatic heterocycles. The van der Waals surface area contributed by atoms with Crippen molar-refractivity contribution in [3.05, 3.63) is 34.3 Å². The molecule has 1 aromatic carbocycles.